The Morgan fingerprint density at radius 3 is 2.23 bits per heavy atom. The van der Waals surface area contributed by atoms with Gasteiger partial charge < -0.3 is 16.4 Å². The van der Waals surface area contributed by atoms with Gasteiger partial charge in [0.25, 0.3) is 5.91 Å². The Bertz CT molecular complexity index is 966. The van der Waals surface area contributed by atoms with E-state index in [1.165, 1.54) is 30.1 Å². The normalized spacial score (nSPS) is 11.3. The van der Waals surface area contributed by atoms with Crippen LogP contribution in [-0.2, 0) is 15.8 Å². The summed E-state index contributed by atoms with van der Waals surface area (Å²) in [5.74, 6) is -1.84. The average molecular weight is 443 g/mol. The fraction of sp³-hybridized carbons (Fsp3) is 0.211. The number of likely N-dealkylation sites (N-methyl/N-ethyl adjacent to an activating group) is 1. The predicted octanol–water partition coefficient (Wildman–Crippen LogP) is 2.97. The van der Waals surface area contributed by atoms with Gasteiger partial charge in [0, 0.05) is 5.69 Å². The number of para-hydroxylation sites is 1. The number of hydrogen-bond donors (Lipinski definition) is 3. The summed E-state index contributed by atoms with van der Waals surface area (Å²) in [6, 6.07) is 9.16. The van der Waals surface area contributed by atoms with Crippen molar-refractivity contribution < 1.29 is 27.6 Å². The number of carbonyl (C=O) groups is 3. The Labute approximate surface area is 175 Å². The van der Waals surface area contributed by atoms with Crippen LogP contribution in [0.15, 0.2) is 42.5 Å². The first kappa shape index (κ1) is 23.2. The number of rotatable bonds is 7. The van der Waals surface area contributed by atoms with E-state index >= 15 is 0 Å². The van der Waals surface area contributed by atoms with Crippen LogP contribution in [0.4, 0.5) is 24.5 Å². The molecule has 2 rings (SSSR count). The maximum absolute atomic E-state index is 12.9. The molecule has 2 aromatic rings. The standard InChI is InChI=1S/C19H18ClF3N4O3/c1-27(10-17(29)26-15-5-3-2-4-12(15)18(24)30)9-16(28)25-11-6-7-14(20)13(8-11)19(21,22)23/h2-8H,9-10H2,1H3,(H2,24,30)(H,25,28)(H,26,29). The lowest BCUT2D eigenvalue weighted by Crippen LogP contribution is -2.36. The first-order chi connectivity index (χ1) is 14.0. The van der Waals surface area contributed by atoms with Crippen LogP contribution in [0.5, 0.6) is 0 Å². The minimum absolute atomic E-state index is 0.0787. The number of primary amides is 1. The highest BCUT2D eigenvalue weighted by atomic mass is 35.5. The van der Waals surface area contributed by atoms with E-state index in [1.807, 2.05) is 0 Å². The van der Waals surface area contributed by atoms with E-state index < -0.39 is 34.5 Å². The summed E-state index contributed by atoms with van der Waals surface area (Å²) in [5, 5.41) is 4.37. The van der Waals surface area contributed by atoms with Crippen molar-refractivity contribution in [2.45, 2.75) is 6.18 Å². The van der Waals surface area contributed by atoms with Crippen molar-refractivity contribution in [3.63, 3.8) is 0 Å². The van der Waals surface area contributed by atoms with E-state index in [9.17, 15) is 27.6 Å². The highest BCUT2D eigenvalue weighted by molar-refractivity contribution is 6.31. The zero-order chi connectivity index (χ0) is 22.5. The van der Waals surface area contributed by atoms with E-state index in [-0.39, 0.29) is 30.0 Å². The van der Waals surface area contributed by atoms with Crippen LogP contribution in [0.3, 0.4) is 0 Å². The SMILES string of the molecule is CN(CC(=O)Nc1ccc(Cl)c(C(F)(F)F)c1)CC(=O)Nc1ccccc1C(N)=O. The topological polar surface area (TPSA) is 105 Å². The maximum atomic E-state index is 12.9. The number of anilines is 2. The summed E-state index contributed by atoms with van der Waals surface area (Å²) in [6.45, 7) is -0.482. The largest absolute Gasteiger partial charge is 0.417 e. The van der Waals surface area contributed by atoms with Crippen LogP contribution in [0.25, 0.3) is 0 Å². The molecule has 0 aliphatic heterocycles. The molecule has 7 nitrogen and oxygen atoms in total. The molecule has 0 radical (unpaired) electrons. The molecule has 3 amide bonds. The number of halogens is 4. The van der Waals surface area contributed by atoms with Gasteiger partial charge in [0.15, 0.2) is 0 Å². The lowest BCUT2D eigenvalue weighted by atomic mass is 10.1. The van der Waals surface area contributed by atoms with Crippen LogP contribution in [-0.4, -0.2) is 42.8 Å². The summed E-state index contributed by atoms with van der Waals surface area (Å²) in [7, 11) is 1.47. The Balaban J connectivity index is 1.94. The third-order valence-corrected chi connectivity index (χ3v) is 4.18. The van der Waals surface area contributed by atoms with Crippen molar-refractivity contribution in [3.05, 3.63) is 58.6 Å². The van der Waals surface area contributed by atoms with Gasteiger partial charge in [-0.15, -0.1) is 0 Å². The maximum Gasteiger partial charge on any atom is 0.417 e. The number of nitrogens with two attached hydrogens (primary N) is 1. The zero-order valence-electron chi connectivity index (χ0n) is 15.7. The van der Waals surface area contributed by atoms with Gasteiger partial charge in [-0.25, -0.2) is 0 Å². The summed E-state index contributed by atoms with van der Waals surface area (Å²) >= 11 is 5.54. The van der Waals surface area contributed by atoms with Crippen LogP contribution in [0.2, 0.25) is 5.02 Å². The van der Waals surface area contributed by atoms with Crippen LogP contribution in [0.1, 0.15) is 15.9 Å². The molecule has 160 valence electrons. The molecule has 0 saturated heterocycles. The molecule has 4 N–H and O–H groups in total. The van der Waals surface area contributed by atoms with Crippen molar-refractivity contribution in [2.24, 2.45) is 5.73 Å². The summed E-state index contributed by atoms with van der Waals surface area (Å²) in [4.78, 5) is 37.0. The molecule has 11 heteroatoms. The lowest BCUT2D eigenvalue weighted by molar-refractivity contribution is -0.137. The van der Waals surface area contributed by atoms with Gasteiger partial charge in [-0.2, -0.15) is 13.2 Å². The number of nitrogens with zero attached hydrogens (tertiary/aromatic N) is 1. The second kappa shape index (κ2) is 9.59. The first-order valence-electron chi connectivity index (χ1n) is 8.51. The molecule has 0 spiro atoms. The minimum Gasteiger partial charge on any atom is -0.366 e. The van der Waals surface area contributed by atoms with Gasteiger partial charge in [-0.3, -0.25) is 19.3 Å². The molecular formula is C19H18ClF3N4O3. The molecule has 0 saturated carbocycles. The number of nitrogens with one attached hydrogen (secondary N) is 2. The average Bonchev–Trinajstić information content (AvgIpc) is 2.62. The highest BCUT2D eigenvalue weighted by Crippen LogP contribution is 2.36. The zero-order valence-corrected chi connectivity index (χ0v) is 16.5. The van der Waals surface area contributed by atoms with Gasteiger partial charge in [0.2, 0.25) is 11.8 Å². The van der Waals surface area contributed by atoms with Crippen LogP contribution in [0, 0.1) is 0 Å². The third kappa shape index (κ3) is 6.46. The van der Waals surface area contributed by atoms with Gasteiger partial charge in [0.05, 0.1) is 34.9 Å². The molecule has 0 aromatic heterocycles. The van der Waals surface area contributed by atoms with E-state index in [0.717, 1.165) is 12.1 Å². The molecule has 30 heavy (non-hydrogen) atoms. The highest BCUT2D eigenvalue weighted by Gasteiger charge is 2.33. The Kier molecular flexibility index (Phi) is 7.41. The van der Waals surface area contributed by atoms with E-state index in [0.29, 0.717) is 0 Å². The molecular weight excluding hydrogens is 425 g/mol. The predicted molar refractivity (Wildman–Crippen MR) is 106 cm³/mol. The third-order valence-electron chi connectivity index (χ3n) is 3.85. The second-order valence-corrected chi connectivity index (χ2v) is 6.78. The van der Waals surface area contributed by atoms with Crippen molar-refractivity contribution >= 4 is 40.7 Å². The lowest BCUT2D eigenvalue weighted by Gasteiger charge is -2.17. The molecule has 0 aliphatic rings. The molecule has 0 fully saturated rings. The molecule has 0 atom stereocenters. The fourth-order valence-electron chi connectivity index (χ4n) is 2.56. The Morgan fingerprint density at radius 2 is 1.63 bits per heavy atom. The number of carbonyl (C=O) groups excluding carboxylic acids is 3. The first-order valence-corrected chi connectivity index (χ1v) is 8.89. The molecule has 0 heterocycles. The number of benzene rings is 2. The van der Waals surface area contributed by atoms with E-state index in [2.05, 4.69) is 10.6 Å². The van der Waals surface area contributed by atoms with Gasteiger partial charge >= 0.3 is 6.18 Å². The second-order valence-electron chi connectivity index (χ2n) is 6.37. The van der Waals surface area contributed by atoms with Crippen LogP contribution < -0.4 is 16.4 Å². The van der Waals surface area contributed by atoms with Gasteiger partial charge in [-0.05, 0) is 37.4 Å². The Morgan fingerprint density at radius 1 is 1.03 bits per heavy atom. The Hall–Kier alpha value is -3.11. The molecule has 0 aliphatic carbocycles. The molecule has 0 bridgehead atoms. The van der Waals surface area contributed by atoms with Crippen LogP contribution >= 0.6 is 11.6 Å². The summed E-state index contributed by atoms with van der Waals surface area (Å²) in [6.07, 6.45) is -4.66. The van der Waals surface area contributed by atoms with Crippen molar-refractivity contribution in [3.8, 4) is 0 Å². The van der Waals surface area contributed by atoms with E-state index in [4.69, 9.17) is 17.3 Å². The summed E-state index contributed by atoms with van der Waals surface area (Å²) < 4.78 is 38.7. The van der Waals surface area contributed by atoms with Gasteiger partial charge in [-0.1, -0.05) is 23.7 Å². The number of alkyl halides is 3. The van der Waals surface area contributed by atoms with E-state index in [1.54, 1.807) is 12.1 Å². The number of hydrogen-bond acceptors (Lipinski definition) is 4. The molecule has 0 unspecified atom stereocenters. The minimum atomic E-state index is -4.66. The van der Waals surface area contributed by atoms with Crippen molar-refractivity contribution in [1.82, 2.24) is 4.90 Å². The monoisotopic (exact) mass is 442 g/mol. The molecule has 2 aromatic carbocycles. The van der Waals surface area contributed by atoms with Crippen molar-refractivity contribution in [2.75, 3.05) is 30.8 Å². The fourth-order valence-corrected chi connectivity index (χ4v) is 2.79. The quantitative estimate of drug-likeness (QED) is 0.613. The summed E-state index contributed by atoms with van der Waals surface area (Å²) in [5.41, 5.74) is 4.46. The van der Waals surface area contributed by atoms with Crippen molar-refractivity contribution in [1.29, 1.82) is 0 Å². The number of amides is 3. The van der Waals surface area contributed by atoms with Gasteiger partial charge in [0.1, 0.15) is 0 Å². The smallest absolute Gasteiger partial charge is 0.366 e.